The first-order valence-corrected chi connectivity index (χ1v) is 9.70. The Labute approximate surface area is 159 Å². The fraction of sp³-hybridized carbons (Fsp3) is 0.600. The summed E-state index contributed by atoms with van der Waals surface area (Å²) in [4.78, 5) is 29.1. The molecule has 1 spiro atoms. The van der Waals surface area contributed by atoms with Gasteiger partial charge in [0.05, 0.1) is 13.2 Å². The number of amides is 3. The number of nitrogens with zero attached hydrogens (tertiary/aromatic N) is 2. The standard InChI is InChI=1S/C20H27N3O4/c24-17-20(9-4-10-22(14-20)12-16-6-2-1-3-7-16)21-18(25)23(17)13-19(26)8-5-11-27-15-19/h1-3,6-7,26H,4-5,8-15H2,(H,21,25). The predicted molar refractivity (Wildman–Crippen MR) is 98.9 cm³/mol. The molecule has 2 N–H and O–H groups in total. The number of aliphatic hydroxyl groups is 1. The number of benzene rings is 1. The minimum atomic E-state index is -1.14. The van der Waals surface area contributed by atoms with E-state index in [1.165, 1.54) is 10.5 Å². The molecule has 146 valence electrons. The van der Waals surface area contributed by atoms with E-state index in [2.05, 4.69) is 22.3 Å². The highest BCUT2D eigenvalue weighted by atomic mass is 16.5. The van der Waals surface area contributed by atoms with Crippen molar-refractivity contribution in [3.63, 3.8) is 0 Å². The zero-order chi connectivity index (χ0) is 18.9. The molecule has 3 saturated heterocycles. The Morgan fingerprint density at radius 3 is 2.70 bits per heavy atom. The monoisotopic (exact) mass is 373 g/mol. The number of carbonyl (C=O) groups is 2. The van der Waals surface area contributed by atoms with Crippen molar-refractivity contribution in [1.82, 2.24) is 15.1 Å². The van der Waals surface area contributed by atoms with Crippen molar-refractivity contribution < 1.29 is 19.4 Å². The first kappa shape index (κ1) is 18.4. The molecule has 1 aromatic carbocycles. The average molecular weight is 373 g/mol. The van der Waals surface area contributed by atoms with Crippen molar-refractivity contribution >= 4 is 11.9 Å². The fourth-order valence-corrected chi connectivity index (χ4v) is 4.47. The summed E-state index contributed by atoms with van der Waals surface area (Å²) in [7, 11) is 0. The molecule has 0 bridgehead atoms. The zero-order valence-electron chi connectivity index (χ0n) is 15.5. The predicted octanol–water partition coefficient (Wildman–Crippen LogP) is 1.11. The largest absolute Gasteiger partial charge is 0.386 e. The van der Waals surface area contributed by atoms with Crippen LogP contribution in [0.3, 0.4) is 0 Å². The van der Waals surface area contributed by atoms with Gasteiger partial charge in [0.25, 0.3) is 5.91 Å². The number of ether oxygens (including phenoxy) is 1. The number of β-amino-alcohol motifs (C(OH)–C–C–N with tert-alkyl or cyclic N) is 1. The van der Waals surface area contributed by atoms with Crippen molar-refractivity contribution in [2.45, 2.75) is 43.4 Å². The van der Waals surface area contributed by atoms with Gasteiger partial charge >= 0.3 is 6.03 Å². The van der Waals surface area contributed by atoms with Crippen LogP contribution in [-0.2, 0) is 16.1 Å². The summed E-state index contributed by atoms with van der Waals surface area (Å²) in [6.07, 6.45) is 2.75. The molecule has 3 amide bonds. The van der Waals surface area contributed by atoms with Gasteiger partial charge in [-0.25, -0.2) is 4.79 Å². The highest BCUT2D eigenvalue weighted by Gasteiger charge is 2.54. The number of imide groups is 1. The van der Waals surface area contributed by atoms with Gasteiger partial charge in [0, 0.05) is 19.7 Å². The Bertz CT molecular complexity index is 704. The summed E-state index contributed by atoms with van der Waals surface area (Å²) < 4.78 is 5.36. The van der Waals surface area contributed by atoms with Gasteiger partial charge in [-0.1, -0.05) is 30.3 Å². The van der Waals surface area contributed by atoms with Crippen LogP contribution < -0.4 is 5.32 Å². The summed E-state index contributed by atoms with van der Waals surface area (Å²) in [5.41, 5.74) is -0.831. The second kappa shape index (κ2) is 7.22. The van der Waals surface area contributed by atoms with Crippen LogP contribution in [-0.4, -0.2) is 70.8 Å². The summed E-state index contributed by atoms with van der Waals surface area (Å²) >= 11 is 0. The number of carbonyl (C=O) groups excluding carboxylic acids is 2. The Morgan fingerprint density at radius 1 is 1.15 bits per heavy atom. The van der Waals surface area contributed by atoms with Crippen LogP contribution in [0.5, 0.6) is 0 Å². The van der Waals surface area contributed by atoms with E-state index in [9.17, 15) is 14.7 Å². The third kappa shape index (κ3) is 3.72. The van der Waals surface area contributed by atoms with Gasteiger partial charge in [-0.15, -0.1) is 0 Å². The fourth-order valence-electron chi connectivity index (χ4n) is 4.47. The lowest BCUT2D eigenvalue weighted by Crippen LogP contribution is -2.58. The quantitative estimate of drug-likeness (QED) is 0.773. The Morgan fingerprint density at radius 2 is 1.96 bits per heavy atom. The average Bonchev–Trinajstić information content (AvgIpc) is 2.87. The van der Waals surface area contributed by atoms with E-state index in [0.29, 0.717) is 26.0 Å². The topological polar surface area (TPSA) is 82.1 Å². The molecule has 1 aromatic rings. The van der Waals surface area contributed by atoms with E-state index in [4.69, 9.17) is 4.74 Å². The Balaban J connectivity index is 1.46. The van der Waals surface area contributed by atoms with Crippen molar-refractivity contribution in [3.05, 3.63) is 35.9 Å². The van der Waals surface area contributed by atoms with Gasteiger partial charge in [-0.2, -0.15) is 0 Å². The molecule has 7 heteroatoms. The number of hydrogen-bond donors (Lipinski definition) is 2. The normalized spacial score (nSPS) is 32.1. The second-order valence-corrected chi connectivity index (χ2v) is 8.08. The molecule has 0 radical (unpaired) electrons. The van der Waals surface area contributed by atoms with Crippen LogP contribution >= 0.6 is 0 Å². The van der Waals surface area contributed by atoms with Crippen LogP contribution in [0.1, 0.15) is 31.2 Å². The molecule has 4 rings (SSSR count). The lowest BCUT2D eigenvalue weighted by molar-refractivity contribution is -0.140. The molecule has 27 heavy (non-hydrogen) atoms. The van der Waals surface area contributed by atoms with Crippen LogP contribution in [0.2, 0.25) is 0 Å². The molecule has 0 aliphatic carbocycles. The van der Waals surface area contributed by atoms with Gasteiger partial charge in [0.1, 0.15) is 11.1 Å². The van der Waals surface area contributed by atoms with Crippen LogP contribution in [0.15, 0.2) is 30.3 Å². The van der Waals surface area contributed by atoms with E-state index in [1.807, 2.05) is 18.2 Å². The Hall–Kier alpha value is -1.96. The zero-order valence-corrected chi connectivity index (χ0v) is 15.5. The highest BCUT2D eigenvalue weighted by molar-refractivity contribution is 6.07. The van der Waals surface area contributed by atoms with Crippen molar-refractivity contribution in [2.75, 3.05) is 32.8 Å². The number of likely N-dealkylation sites (tertiary alicyclic amines) is 1. The minimum absolute atomic E-state index is 0.00188. The lowest BCUT2D eigenvalue weighted by Gasteiger charge is -2.39. The first-order valence-electron chi connectivity index (χ1n) is 9.70. The third-order valence-electron chi connectivity index (χ3n) is 5.82. The number of rotatable bonds is 4. The van der Waals surface area contributed by atoms with E-state index < -0.39 is 17.2 Å². The number of nitrogens with one attached hydrogen (secondary N) is 1. The smallest absolute Gasteiger partial charge is 0.325 e. The molecule has 0 saturated carbocycles. The van der Waals surface area contributed by atoms with Crippen molar-refractivity contribution in [1.29, 1.82) is 0 Å². The van der Waals surface area contributed by atoms with E-state index in [0.717, 1.165) is 25.9 Å². The maximum Gasteiger partial charge on any atom is 0.325 e. The number of hydrogen-bond acceptors (Lipinski definition) is 5. The van der Waals surface area contributed by atoms with Gasteiger partial charge in [0.2, 0.25) is 0 Å². The van der Waals surface area contributed by atoms with Gasteiger partial charge in [0.15, 0.2) is 0 Å². The number of piperidine rings is 1. The Kier molecular flexibility index (Phi) is 4.92. The van der Waals surface area contributed by atoms with Gasteiger partial charge in [-0.3, -0.25) is 14.6 Å². The van der Waals surface area contributed by atoms with Crippen molar-refractivity contribution in [2.24, 2.45) is 0 Å². The molecule has 2 atom stereocenters. The third-order valence-corrected chi connectivity index (χ3v) is 5.82. The SMILES string of the molecule is O=C1NC2(CCCN(Cc3ccccc3)C2)C(=O)N1CC1(O)CCCOC1. The van der Waals surface area contributed by atoms with Crippen LogP contribution in [0.4, 0.5) is 4.79 Å². The maximum atomic E-state index is 13.2. The molecule has 3 aliphatic rings. The molecule has 3 aliphatic heterocycles. The van der Waals surface area contributed by atoms with E-state index in [1.54, 1.807) is 0 Å². The maximum absolute atomic E-state index is 13.2. The molecular formula is C20H27N3O4. The molecule has 7 nitrogen and oxygen atoms in total. The minimum Gasteiger partial charge on any atom is -0.386 e. The molecule has 3 fully saturated rings. The van der Waals surface area contributed by atoms with Crippen LogP contribution in [0, 0.1) is 0 Å². The lowest BCUT2D eigenvalue weighted by atomic mass is 9.88. The summed E-state index contributed by atoms with van der Waals surface area (Å²) in [6.45, 7) is 2.93. The molecular weight excluding hydrogens is 346 g/mol. The van der Waals surface area contributed by atoms with Gasteiger partial charge in [-0.05, 0) is 37.8 Å². The second-order valence-electron chi connectivity index (χ2n) is 8.08. The summed E-state index contributed by atoms with van der Waals surface area (Å²) in [6, 6.07) is 9.74. The van der Waals surface area contributed by atoms with E-state index in [-0.39, 0.29) is 19.1 Å². The summed E-state index contributed by atoms with van der Waals surface area (Å²) in [5.74, 6) is -0.218. The molecule has 0 aromatic heterocycles. The van der Waals surface area contributed by atoms with E-state index >= 15 is 0 Å². The first-order chi connectivity index (χ1) is 13.0. The summed E-state index contributed by atoms with van der Waals surface area (Å²) in [5, 5.41) is 13.6. The van der Waals surface area contributed by atoms with Crippen molar-refractivity contribution in [3.8, 4) is 0 Å². The molecule has 2 unspecified atom stereocenters. The number of urea groups is 1. The molecule has 3 heterocycles. The van der Waals surface area contributed by atoms with Crippen LogP contribution in [0.25, 0.3) is 0 Å². The highest BCUT2D eigenvalue weighted by Crippen LogP contribution is 2.31. The van der Waals surface area contributed by atoms with Gasteiger partial charge < -0.3 is 15.2 Å².